The minimum Gasteiger partial charge on any atom is -0.400 e. The van der Waals surface area contributed by atoms with Gasteiger partial charge in [0.05, 0.1) is 0 Å². The van der Waals surface area contributed by atoms with Gasteiger partial charge in [-0.15, -0.1) is 0 Å². The second kappa shape index (κ2) is 5.04. The third-order valence-electron chi connectivity index (χ3n) is 0.612. The van der Waals surface area contributed by atoms with Crippen molar-refractivity contribution in [3.05, 3.63) is 0 Å². The highest BCUT2D eigenvalue weighted by atomic mass is 32.2. The number of hydrogen-bond acceptors (Lipinski definition) is 2. The van der Waals surface area contributed by atoms with Crippen LogP contribution in [-0.2, 0) is 0 Å². The Morgan fingerprint density at radius 2 is 0.909 bits per heavy atom. The molecule has 11 heavy (non-hydrogen) atoms. The molecule has 0 aromatic rings. The Morgan fingerprint density at radius 3 is 0.909 bits per heavy atom. The van der Waals surface area contributed by atoms with E-state index in [4.69, 9.17) is 5.11 Å². The van der Waals surface area contributed by atoms with Crippen molar-refractivity contribution in [2.45, 2.75) is 51.0 Å². The van der Waals surface area contributed by atoms with Crippen molar-refractivity contribution >= 4 is 11.8 Å². The van der Waals surface area contributed by atoms with Gasteiger partial charge in [-0.1, -0.05) is 41.5 Å². The monoisotopic (exact) mass is 178 g/mol. The van der Waals surface area contributed by atoms with Crippen LogP contribution >= 0.6 is 11.8 Å². The molecule has 0 aliphatic heterocycles. The van der Waals surface area contributed by atoms with Gasteiger partial charge in [0.25, 0.3) is 0 Å². The molecular formula is C9H22OS. The number of aliphatic hydroxyl groups is 1. The maximum atomic E-state index is 7.00. The zero-order chi connectivity index (χ0) is 9.71. The maximum absolute atomic E-state index is 7.00. The summed E-state index contributed by atoms with van der Waals surface area (Å²) in [4.78, 5) is 0. The molecule has 0 fully saturated rings. The zero-order valence-electron chi connectivity index (χ0n) is 8.86. The highest BCUT2D eigenvalue weighted by molar-refractivity contribution is 8.01. The summed E-state index contributed by atoms with van der Waals surface area (Å²) in [6.07, 6.45) is 0. The second-order valence-corrected chi connectivity index (χ2v) is 6.98. The van der Waals surface area contributed by atoms with Crippen LogP contribution in [0.25, 0.3) is 0 Å². The van der Waals surface area contributed by atoms with E-state index in [1.54, 1.807) is 0 Å². The summed E-state index contributed by atoms with van der Waals surface area (Å²) in [5, 5.41) is 7.00. The highest BCUT2D eigenvalue weighted by Gasteiger charge is 2.20. The van der Waals surface area contributed by atoms with Gasteiger partial charge in [-0.05, 0) is 0 Å². The topological polar surface area (TPSA) is 20.2 Å². The molecular weight excluding hydrogens is 156 g/mol. The molecule has 0 aliphatic rings. The molecule has 0 amide bonds. The van der Waals surface area contributed by atoms with Crippen LogP contribution in [0.5, 0.6) is 0 Å². The first kappa shape index (κ1) is 13.9. The van der Waals surface area contributed by atoms with Gasteiger partial charge < -0.3 is 5.11 Å². The molecule has 0 heterocycles. The number of hydrogen-bond donors (Lipinski definition) is 1. The van der Waals surface area contributed by atoms with Crippen molar-refractivity contribution in [2.24, 2.45) is 0 Å². The van der Waals surface area contributed by atoms with Crippen molar-refractivity contribution < 1.29 is 5.11 Å². The third-order valence-corrected chi connectivity index (χ3v) is 1.84. The highest BCUT2D eigenvalue weighted by Crippen LogP contribution is 2.35. The van der Waals surface area contributed by atoms with E-state index in [0.717, 1.165) is 7.11 Å². The van der Waals surface area contributed by atoms with E-state index in [-0.39, 0.29) is 0 Å². The van der Waals surface area contributed by atoms with E-state index in [0.29, 0.717) is 9.49 Å². The molecule has 0 saturated carbocycles. The standard InChI is InChI=1S/C8H18S.CH4O/c1-7(2,3)9-8(4,5)6;1-2/h1-6H3;2H,1H3. The molecule has 1 nitrogen and oxygen atoms in total. The SMILES string of the molecule is CC(C)(C)SC(C)(C)C.CO. The molecule has 0 atom stereocenters. The molecule has 0 aromatic carbocycles. The van der Waals surface area contributed by atoms with Crippen LogP contribution in [0.2, 0.25) is 0 Å². The minimum atomic E-state index is 0.401. The van der Waals surface area contributed by atoms with Crippen LogP contribution < -0.4 is 0 Å². The van der Waals surface area contributed by atoms with Gasteiger partial charge in [0.2, 0.25) is 0 Å². The minimum absolute atomic E-state index is 0.401. The molecule has 0 saturated heterocycles. The molecule has 70 valence electrons. The molecule has 1 N–H and O–H groups in total. The Balaban J connectivity index is 0. The number of rotatable bonds is 0. The van der Waals surface area contributed by atoms with Crippen LogP contribution in [-0.4, -0.2) is 21.7 Å². The third kappa shape index (κ3) is 17.9. The van der Waals surface area contributed by atoms with Gasteiger partial charge in [-0.25, -0.2) is 0 Å². The van der Waals surface area contributed by atoms with Gasteiger partial charge in [-0.3, -0.25) is 0 Å². The van der Waals surface area contributed by atoms with Gasteiger partial charge in [0, 0.05) is 16.6 Å². The fourth-order valence-electron chi connectivity index (χ4n) is 0.919. The average Bonchev–Trinajstić information content (AvgIpc) is 1.60. The molecule has 0 aromatic heterocycles. The van der Waals surface area contributed by atoms with E-state index in [9.17, 15) is 0 Å². The van der Waals surface area contributed by atoms with Crippen molar-refractivity contribution in [3.8, 4) is 0 Å². The summed E-state index contributed by atoms with van der Waals surface area (Å²) < 4.78 is 0.802. The largest absolute Gasteiger partial charge is 0.400 e. The van der Waals surface area contributed by atoms with Crippen molar-refractivity contribution in [2.75, 3.05) is 7.11 Å². The smallest absolute Gasteiger partial charge is 0.0319 e. The summed E-state index contributed by atoms with van der Waals surface area (Å²) in [6, 6.07) is 0. The Kier molecular flexibility index (Phi) is 6.36. The summed E-state index contributed by atoms with van der Waals surface area (Å²) in [7, 11) is 1.00. The van der Waals surface area contributed by atoms with Crippen molar-refractivity contribution in [1.82, 2.24) is 0 Å². The van der Waals surface area contributed by atoms with Crippen LogP contribution in [0.1, 0.15) is 41.5 Å². The first-order valence-electron chi connectivity index (χ1n) is 3.86. The van der Waals surface area contributed by atoms with Crippen LogP contribution in [0, 0.1) is 0 Å². The van der Waals surface area contributed by atoms with Crippen LogP contribution in [0.15, 0.2) is 0 Å². The second-order valence-electron chi connectivity index (χ2n) is 4.33. The van der Waals surface area contributed by atoms with Crippen molar-refractivity contribution in [3.63, 3.8) is 0 Å². The fourth-order valence-corrected chi connectivity index (χ4v) is 2.76. The summed E-state index contributed by atoms with van der Waals surface area (Å²) in [5.41, 5.74) is 0. The predicted molar refractivity (Wildman–Crippen MR) is 55.2 cm³/mol. The normalized spacial score (nSPS) is 12.0. The average molecular weight is 178 g/mol. The molecule has 2 heteroatoms. The lowest BCUT2D eigenvalue weighted by molar-refractivity contribution is 0.399. The first-order chi connectivity index (χ1) is 4.71. The molecule has 0 rings (SSSR count). The molecule has 0 bridgehead atoms. The lowest BCUT2D eigenvalue weighted by Gasteiger charge is -2.28. The lowest BCUT2D eigenvalue weighted by Crippen LogP contribution is -2.19. The Bertz CT molecular complexity index is 74.7. The zero-order valence-corrected chi connectivity index (χ0v) is 9.67. The van der Waals surface area contributed by atoms with E-state index >= 15 is 0 Å². The molecule has 0 spiro atoms. The Labute approximate surface area is 75.6 Å². The number of aliphatic hydroxyl groups excluding tert-OH is 1. The Morgan fingerprint density at radius 1 is 0.727 bits per heavy atom. The Hall–Kier alpha value is 0.310. The molecule has 0 unspecified atom stereocenters. The maximum Gasteiger partial charge on any atom is 0.0319 e. The van der Waals surface area contributed by atoms with Crippen LogP contribution in [0.3, 0.4) is 0 Å². The van der Waals surface area contributed by atoms with E-state index in [2.05, 4.69) is 41.5 Å². The van der Waals surface area contributed by atoms with E-state index in [1.165, 1.54) is 0 Å². The summed E-state index contributed by atoms with van der Waals surface area (Å²) in [6.45, 7) is 13.5. The van der Waals surface area contributed by atoms with Gasteiger partial charge >= 0.3 is 0 Å². The van der Waals surface area contributed by atoms with Crippen LogP contribution in [0.4, 0.5) is 0 Å². The van der Waals surface area contributed by atoms with Crippen molar-refractivity contribution in [1.29, 1.82) is 0 Å². The van der Waals surface area contributed by atoms with Gasteiger partial charge in [0.15, 0.2) is 0 Å². The van der Waals surface area contributed by atoms with Gasteiger partial charge in [0.1, 0.15) is 0 Å². The predicted octanol–water partition coefficient (Wildman–Crippen LogP) is 2.93. The molecule has 0 aliphatic carbocycles. The number of thioether (sulfide) groups is 1. The molecule has 0 radical (unpaired) electrons. The first-order valence-corrected chi connectivity index (χ1v) is 4.67. The quantitative estimate of drug-likeness (QED) is 0.615. The summed E-state index contributed by atoms with van der Waals surface area (Å²) >= 11 is 2.01. The fraction of sp³-hybridized carbons (Fsp3) is 1.00. The van der Waals surface area contributed by atoms with Gasteiger partial charge in [-0.2, -0.15) is 11.8 Å². The lowest BCUT2D eigenvalue weighted by atomic mass is 10.2. The summed E-state index contributed by atoms with van der Waals surface area (Å²) in [5.74, 6) is 0. The van der Waals surface area contributed by atoms with E-state index in [1.807, 2.05) is 11.8 Å². The van der Waals surface area contributed by atoms with E-state index < -0.39 is 0 Å².